The standard InChI is InChI=1S/C15H15ClN2O4/c1-2-8-17-15(21)18-13(19)10-22-14(20)7-6-11-4-3-5-12(16)9-11/h2-7,9H,1,8,10H2,(H2,17,18,19,21)/b7-6+. The Hall–Kier alpha value is -2.60. The number of ether oxygens (including phenoxy) is 1. The first kappa shape index (κ1) is 17.5. The predicted octanol–water partition coefficient (Wildman–Crippen LogP) is 1.91. The zero-order chi connectivity index (χ0) is 16.4. The fourth-order valence-corrected chi connectivity index (χ4v) is 1.53. The lowest BCUT2D eigenvalue weighted by atomic mass is 10.2. The van der Waals surface area contributed by atoms with Crippen LogP contribution in [0.2, 0.25) is 5.02 Å². The van der Waals surface area contributed by atoms with Crippen molar-refractivity contribution in [2.45, 2.75) is 0 Å². The van der Waals surface area contributed by atoms with Crippen LogP contribution < -0.4 is 10.6 Å². The number of rotatable bonds is 6. The van der Waals surface area contributed by atoms with E-state index in [1.165, 1.54) is 12.2 Å². The zero-order valence-electron chi connectivity index (χ0n) is 11.7. The molecule has 1 aromatic rings. The summed E-state index contributed by atoms with van der Waals surface area (Å²) in [5.74, 6) is -1.44. The van der Waals surface area contributed by atoms with Gasteiger partial charge in [-0.3, -0.25) is 10.1 Å². The van der Waals surface area contributed by atoms with Gasteiger partial charge in [0.2, 0.25) is 0 Å². The van der Waals surface area contributed by atoms with Crippen LogP contribution in [0.3, 0.4) is 0 Å². The normalized spacial score (nSPS) is 10.0. The number of imide groups is 1. The van der Waals surface area contributed by atoms with E-state index in [4.69, 9.17) is 16.3 Å². The fourth-order valence-electron chi connectivity index (χ4n) is 1.33. The third-order valence-corrected chi connectivity index (χ3v) is 2.50. The second-order valence-electron chi connectivity index (χ2n) is 4.04. The molecule has 7 heteroatoms. The number of halogens is 1. The van der Waals surface area contributed by atoms with Gasteiger partial charge in [-0.05, 0) is 23.8 Å². The highest BCUT2D eigenvalue weighted by molar-refractivity contribution is 6.30. The third-order valence-electron chi connectivity index (χ3n) is 2.27. The average molecular weight is 323 g/mol. The van der Waals surface area contributed by atoms with E-state index in [9.17, 15) is 14.4 Å². The quantitative estimate of drug-likeness (QED) is 0.476. The van der Waals surface area contributed by atoms with E-state index < -0.39 is 24.5 Å². The van der Waals surface area contributed by atoms with E-state index in [1.807, 2.05) is 5.32 Å². The summed E-state index contributed by atoms with van der Waals surface area (Å²) in [6, 6.07) is 6.19. The van der Waals surface area contributed by atoms with Gasteiger partial charge >= 0.3 is 12.0 Å². The van der Waals surface area contributed by atoms with Gasteiger partial charge in [0.1, 0.15) is 0 Å². The van der Waals surface area contributed by atoms with Crippen LogP contribution in [0.15, 0.2) is 43.0 Å². The van der Waals surface area contributed by atoms with Crippen molar-refractivity contribution in [1.82, 2.24) is 10.6 Å². The number of amides is 3. The molecule has 0 fully saturated rings. The molecule has 1 aromatic carbocycles. The molecule has 0 aliphatic heterocycles. The SMILES string of the molecule is C=CCNC(=O)NC(=O)COC(=O)/C=C/c1cccc(Cl)c1. The Balaban J connectivity index is 2.35. The van der Waals surface area contributed by atoms with Crippen molar-refractivity contribution in [1.29, 1.82) is 0 Å². The molecule has 0 saturated heterocycles. The number of urea groups is 1. The van der Waals surface area contributed by atoms with Crippen molar-refractivity contribution in [2.75, 3.05) is 13.2 Å². The maximum atomic E-state index is 11.4. The van der Waals surface area contributed by atoms with Gasteiger partial charge in [-0.1, -0.05) is 29.8 Å². The zero-order valence-corrected chi connectivity index (χ0v) is 12.4. The largest absolute Gasteiger partial charge is 0.452 e. The maximum Gasteiger partial charge on any atom is 0.331 e. The molecule has 0 radical (unpaired) electrons. The van der Waals surface area contributed by atoms with Gasteiger partial charge in [0.05, 0.1) is 0 Å². The number of hydrogen-bond donors (Lipinski definition) is 2. The van der Waals surface area contributed by atoms with Crippen LogP contribution in [0.1, 0.15) is 5.56 Å². The summed E-state index contributed by atoms with van der Waals surface area (Å²) in [7, 11) is 0. The smallest absolute Gasteiger partial charge is 0.331 e. The molecule has 0 spiro atoms. The topological polar surface area (TPSA) is 84.5 Å². The lowest BCUT2D eigenvalue weighted by Gasteiger charge is -2.04. The molecule has 0 unspecified atom stereocenters. The minimum Gasteiger partial charge on any atom is -0.452 e. The molecule has 1 rings (SSSR count). The van der Waals surface area contributed by atoms with Crippen LogP contribution in [-0.4, -0.2) is 31.1 Å². The van der Waals surface area contributed by atoms with Crippen molar-refractivity contribution in [3.05, 3.63) is 53.6 Å². The minimum absolute atomic E-state index is 0.223. The Kier molecular flexibility index (Phi) is 7.42. The van der Waals surface area contributed by atoms with E-state index in [-0.39, 0.29) is 6.54 Å². The van der Waals surface area contributed by atoms with Gasteiger partial charge in [-0.2, -0.15) is 0 Å². The van der Waals surface area contributed by atoms with Gasteiger partial charge in [0.15, 0.2) is 6.61 Å². The molecule has 22 heavy (non-hydrogen) atoms. The summed E-state index contributed by atoms with van der Waals surface area (Å²) >= 11 is 5.80. The van der Waals surface area contributed by atoms with Crippen molar-refractivity contribution in [2.24, 2.45) is 0 Å². The number of hydrogen-bond acceptors (Lipinski definition) is 4. The lowest BCUT2D eigenvalue weighted by molar-refractivity contribution is -0.143. The van der Waals surface area contributed by atoms with Crippen LogP contribution in [0, 0.1) is 0 Å². The Labute approximate surface area is 132 Å². The molecule has 0 heterocycles. The monoisotopic (exact) mass is 322 g/mol. The first-order chi connectivity index (χ1) is 10.5. The highest BCUT2D eigenvalue weighted by Gasteiger charge is 2.08. The predicted molar refractivity (Wildman–Crippen MR) is 83.2 cm³/mol. The van der Waals surface area contributed by atoms with Gasteiger partial charge in [0.25, 0.3) is 5.91 Å². The summed E-state index contributed by atoms with van der Waals surface area (Å²) < 4.78 is 4.69. The first-order valence-electron chi connectivity index (χ1n) is 6.30. The molecular formula is C15H15ClN2O4. The van der Waals surface area contributed by atoms with E-state index in [0.717, 1.165) is 11.6 Å². The molecule has 2 N–H and O–H groups in total. The Morgan fingerprint density at radius 2 is 2.09 bits per heavy atom. The number of carbonyl (C=O) groups excluding carboxylic acids is 3. The van der Waals surface area contributed by atoms with Crippen molar-refractivity contribution < 1.29 is 19.1 Å². The number of esters is 1. The van der Waals surface area contributed by atoms with E-state index in [1.54, 1.807) is 24.3 Å². The molecular weight excluding hydrogens is 308 g/mol. The van der Waals surface area contributed by atoms with Gasteiger partial charge < -0.3 is 10.1 Å². The van der Waals surface area contributed by atoms with Crippen molar-refractivity contribution >= 4 is 35.6 Å². The van der Waals surface area contributed by atoms with Crippen molar-refractivity contribution in [3.63, 3.8) is 0 Å². The number of carbonyl (C=O) groups is 3. The highest BCUT2D eigenvalue weighted by atomic mass is 35.5. The average Bonchev–Trinajstić information content (AvgIpc) is 2.49. The summed E-state index contributed by atoms with van der Waals surface area (Å²) in [6.45, 7) is 3.08. The Morgan fingerprint density at radius 3 is 2.77 bits per heavy atom. The summed E-state index contributed by atoms with van der Waals surface area (Å²) in [4.78, 5) is 33.9. The lowest BCUT2D eigenvalue weighted by Crippen LogP contribution is -2.41. The summed E-state index contributed by atoms with van der Waals surface area (Å²) in [5.41, 5.74) is 0.720. The summed E-state index contributed by atoms with van der Waals surface area (Å²) in [5, 5.41) is 4.88. The van der Waals surface area contributed by atoms with Crippen LogP contribution in [-0.2, 0) is 14.3 Å². The highest BCUT2D eigenvalue weighted by Crippen LogP contribution is 2.11. The fraction of sp³-hybridized carbons (Fsp3) is 0.133. The minimum atomic E-state index is -0.730. The van der Waals surface area contributed by atoms with Crippen LogP contribution in [0.4, 0.5) is 4.79 Å². The van der Waals surface area contributed by atoms with E-state index >= 15 is 0 Å². The molecule has 0 saturated carbocycles. The van der Waals surface area contributed by atoms with E-state index in [2.05, 4.69) is 11.9 Å². The molecule has 116 valence electrons. The van der Waals surface area contributed by atoms with Gasteiger partial charge in [0, 0.05) is 17.6 Å². The second-order valence-corrected chi connectivity index (χ2v) is 4.48. The Bertz CT molecular complexity index is 599. The number of benzene rings is 1. The molecule has 0 bridgehead atoms. The molecule has 0 atom stereocenters. The second kappa shape index (κ2) is 9.36. The van der Waals surface area contributed by atoms with Gasteiger partial charge in [-0.25, -0.2) is 9.59 Å². The number of nitrogens with one attached hydrogen (secondary N) is 2. The van der Waals surface area contributed by atoms with Crippen LogP contribution in [0.5, 0.6) is 0 Å². The summed E-state index contributed by atoms with van der Waals surface area (Å²) in [6.07, 6.45) is 4.13. The molecule has 0 aliphatic carbocycles. The Morgan fingerprint density at radius 1 is 1.32 bits per heavy atom. The maximum absolute atomic E-state index is 11.4. The third kappa shape index (κ3) is 7.25. The van der Waals surface area contributed by atoms with E-state index in [0.29, 0.717) is 5.02 Å². The molecule has 6 nitrogen and oxygen atoms in total. The van der Waals surface area contributed by atoms with Crippen molar-refractivity contribution in [3.8, 4) is 0 Å². The molecule has 0 aromatic heterocycles. The van der Waals surface area contributed by atoms with Crippen LogP contribution in [0.25, 0.3) is 6.08 Å². The molecule has 3 amide bonds. The van der Waals surface area contributed by atoms with Crippen LogP contribution >= 0.6 is 11.6 Å². The first-order valence-corrected chi connectivity index (χ1v) is 6.68. The molecule has 0 aliphatic rings. The van der Waals surface area contributed by atoms with Gasteiger partial charge in [-0.15, -0.1) is 6.58 Å².